The highest BCUT2D eigenvalue weighted by molar-refractivity contribution is 8.00. The van der Waals surface area contributed by atoms with E-state index in [2.05, 4.69) is 10.6 Å². The second-order valence-corrected chi connectivity index (χ2v) is 8.24. The van der Waals surface area contributed by atoms with E-state index in [4.69, 9.17) is 4.74 Å². The number of aryl methyl sites for hydroxylation is 1. The Morgan fingerprint density at radius 3 is 2.52 bits per heavy atom. The number of urea groups is 1. The average Bonchev–Trinajstić information content (AvgIpc) is 3.15. The van der Waals surface area contributed by atoms with Gasteiger partial charge < -0.3 is 15.4 Å². The second-order valence-electron chi connectivity index (χ2n) is 7.17. The summed E-state index contributed by atoms with van der Waals surface area (Å²) in [5, 5.41) is 5.46. The summed E-state index contributed by atoms with van der Waals surface area (Å²) in [6.45, 7) is 1.99. The smallest absolute Gasteiger partial charge is 0.323 e. The fourth-order valence-electron chi connectivity index (χ4n) is 3.50. The van der Waals surface area contributed by atoms with Crippen molar-refractivity contribution in [2.75, 3.05) is 28.4 Å². The first-order valence-electron chi connectivity index (χ1n) is 9.86. The second kappa shape index (κ2) is 9.14. The first kappa shape index (κ1) is 20.8. The van der Waals surface area contributed by atoms with Crippen LogP contribution in [0.3, 0.4) is 0 Å². The van der Waals surface area contributed by atoms with Gasteiger partial charge in [0, 0.05) is 11.4 Å². The molecule has 1 heterocycles. The molecule has 0 spiro atoms. The Labute approximate surface area is 185 Å². The van der Waals surface area contributed by atoms with Crippen molar-refractivity contribution in [3.63, 3.8) is 0 Å². The van der Waals surface area contributed by atoms with Crippen LogP contribution in [0.1, 0.15) is 16.5 Å². The van der Waals surface area contributed by atoms with Gasteiger partial charge in [-0.25, -0.2) is 4.79 Å². The monoisotopic (exact) mass is 433 g/mol. The average molecular weight is 434 g/mol. The van der Waals surface area contributed by atoms with Crippen LogP contribution in [0.25, 0.3) is 0 Å². The lowest BCUT2D eigenvalue weighted by molar-refractivity contribution is -0.115. The van der Waals surface area contributed by atoms with Gasteiger partial charge in [-0.2, -0.15) is 0 Å². The van der Waals surface area contributed by atoms with Crippen LogP contribution in [0, 0.1) is 6.92 Å². The fraction of sp³-hybridized carbons (Fsp3) is 0.167. The predicted octanol–water partition coefficient (Wildman–Crippen LogP) is 5.43. The molecule has 0 aliphatic carbocycles. The van der Waals surface area contributed by atoms with Crippen LogP contribution < -0.4 is 20.3 Å². The fourth-order valence-corrected chi connectivity index (χ4v) is 4.66. The molecule has 7 heteroatoms. The van der Waals surface area contributed by atoms with E-state index in [1.807, 2.05) is 79.7 Å². The first-order valence-corrected chi connectivity index (χ1v) is 10.9. The Morgan fingerprint density at radius 2 is 1.74 bits per heavy atom. The van der Waals surface area contributed by atoms with Gasteiger partial charge in [-0.1, -0.05) is 36.4 Å². The third-order valence-corrected chi connectivity index (χ3v) is 6.14. The van der Waals surface area contributed by atoms with Gasteiger partial charge in [-0.05, 0) is 54.4 Å². The highest BCUT2D eigenvalue weighted by Crippen LogP contribution is 2.45. The Balaban J connectivity index is 1.57. The largest absolute Gasteiger partial charge is 0.495 e. The number of methoxy groups -OCH3 is 1. The van der Waals surface area contributed by atoms with E-state index in [1.54, 1.807) is 23.8 Å². The summed E-state index contributed by atoms with van der Waals surface area (Å²) >= 11 is 1.55. The summed E-state index contributed by atoms with van der Waals surface area (Å²) in [6, 6.07) is 22.3. The zero-order chi connectivity index (χ0) is 21.8. The molecule has 3 aromatic rings. The number of hydrogen-bond donors (Lipinski definition) is 2. The van der Waals surface area contributed by atoms with E-state index < -0.39 is 0 Å². The quantitative estimate of drug-likeness (QED) is 0.563. The molecule has 1 fully saturated rings. The minimum atomic E-state index is -0.323. The highest BCUT2D eigenvalue weighted by Gasteiger charge is 2.35. The number of ether oxygens (including phenoxy) is 1. The summed E-state index contributed by atoms with van der Waals surface area (Å²) in [5.41, 5.74) is 4.10. The van der Waals surface area contributed by atoms with E-state index >= 15 is 0 Å². The first-order chi connectivity index (χ1) is 15.0. The molecule has 0 saturated carbocycles. The minimum Gasteiger partial charge on any atom is -0.495 e. The highest BCUT2D eigenvalue weighted by atomic mass is 32.2. The van der Waals surface area contributed by atoms with Crippen molar-refractivity contribution in [1.29, 1.82) is 0 Å². The van der Waals surface area contributed by atoms with Crippen molar-refractivity contribution in [3.8, 4) is 5.75 Å². The molecule has 3 amide bonds. The summed E-state index contributed by atoms with van der Waals surface area (Å²) < 4.78 is 5.51. The van der Waals surface area contributed by atoms with Crippen LogP contribution in [0.15, 0.2) is 72.8 Å². The van der Waals surface area contributed by atoms with Crippen LogP contribution in [0.2, 0.25) is 0 Å². The van der Waals surface area contributed by atoms with E-state index in [-0.39, 0.29) is 17.3 Å². The molecule has 0 bridgehead atoms. The van der Waals surface area contributed by atoms with Gasteiger partial charge in [0.05, 0.1) is 18.6 Å². The molecule has 0 radical (unpaired) electrons. The molecule has 1 aliphatic rings. The lowest BCUT2D eigenvalue weighted by Crippen LogP contribution is -2.28. The summed E-state index contributed by atoms with van der Waals surface area (Å²) in [6.07, 6.45) is 0. The molecule has 1 atom stereocenters. The van der Waals surface area contributed by atoms with Crippen LogP contribution in [-0.4, -0.2) is 24.8 Å². The molecule has 0 aromatic heterocycles. The van der Waals surface area contributed by atoms with Crippen molar-refractivity contribution >= 4 is 40.8 Å². The maximum absolute atomic E-state index is 12.8. The number of carbonyl (C=O) groups excluding carboxylic acids is 2. The van der Waals surface area contributed by atoms with Crippen LogP contribution in [0.5, 0.6) is 5.75 Å². The summed E-state index contributed by atoms with van der Waals surface area (Å²) in [4.78, 5) is 26.9. The van der Waals surface area contributed by atoms with Crippen LogP contribution in [0.4, 0.5) is 21.9 Å². The number of nitrogens with one attached hydrogen (secondary N) is 2. The molecule has 3 aromatic carbocycles. The van der Waals surface area contributed by atoms with Crippen LogP contribution >= 0.6 is 11.8 Å². The lowest BCUT2D eigenvalue weighted by atomic mass is 10.1. The lowest BCUT2D eigenvalue weighted by Gasteiger charge is -2.26. The SMILES string of the molecule is COc1ccc(C)cc1N1C(=O)CSC1c1cccc(NC(=O)Nc2ccccc2)c1. The van der Waals surface area contributed by atoms with Gasteiger partial charge in [0.2, 0.25) is 5.91 Å². The van der Waals surface area contributed by atoms with E-state index in [9.17, 15) is 9.59 Å². The zero-order valence-corrected chi connectivity index (χ0v) is 18.1. The zero-order valence-electron chi connectivity index (χ0n) is 17.3. The number of hydrogen-bond acceptors (Lipinski definition) is 4. The van der Waals surface area contributed by atoms with E-state index in [1.165, 1.54) is 0 Å². The third kappa shape index (κ3) is 4.67. The van der Waals surface area contributed by atoms with E-state index in [0.29, 0.717) is 22.9 Å². The molecule has 31 heavy (non-hydrogen) atoms. The van der Waals surface area contributed by atoms with Crippen molar-refractivity contribution < 1.29 is 14.3 Å². The number of rotatable bonds is 5. The van der Waals surface area contributed by atoms with E-state index in [0.717, 1.165) is 16.8 Å². The van der Waals surface area contributed by atoms with Gasteiger partial charge in [0.15, 0.2) is 0 Å². The van der Waals surface area contributed by atoms with Gasteiger partial charge in [0.25, 0.3) is 0 Å². The Hall–Kier alpha value is -3.45. The van der Waals surface area contributed by atoms with Crippen molar-refractivity contribution in [3.05, 3.63) is 83.9 Å². The number of benzene rings is 3. The summed E-state index contributed by atoms with van der Waals surface area (Å²) in [5.74, 6) is 1.07. The van der Waals surface area contributed by atoms with Crippen molar-refractivity contribution in [2.45, 2.75) is 12.3 Å². The third-order valence-electron chi connectivity index (χ3n) is 4.92. The van der Waals surface area contributed by atoms with Crippen molar-refractivity contribution in [1.82, 2.24) is 0 Å². The molecule has 158 valence electrons. The number of carbonyl (C=O) groups is 2. The number of nitrogens with zero attached hydrogens (tertiary/aromatic N) is 1. The van der Waals surface area contributed by atoms with Gasteiger partial charge in [0.1, 0.15) is 11.1 Å². The molecular weight excluding hydrogens is 410 g/mol. The number of thioether (sulfide) groups is 1. The molecule has 6 nitrogen and oxygen atoms in total. The molecule has 1 unspecified atom stereocenters. The molecular formula is C24H23N3O3S. The molecule has 4 rings (SSSR count). The standard InChI is InChI=1S/C24H23N3O3S/c1-16-11-12-21(30-2)20(13-16)27-22(28)15-31-23(27)17-7-6-10-19(14-17)26-24(29)25-18-8-4-3-5-9-18/h3-14,23H,15H2,1-2H3,(H2,25,26,29). The van der Waals surface area contributed by atoms with Gasteiger partial charge in [-0.3, -0.25) is 9.69 Å². The summed E-state index contributed by atoms with van der Waals surface area (Å²) in [7, 11) is 1.60. The number of anilines is 3. The molecule has 1 aliphatic heterocycles. The maximum Gasteiger partial charge on any atom is 0.323 e. The van der Waals surface area contributed by atoms with Gasteiger partial charge in [-0.15, -0.1) is 11.8 Å². The Morgan fingerprint density at radius 1 is 1.00 bits per heavy atom. The Bertz CT molecular complexity index is 1100. The maximum atomic E-state index is 12.8. The number of amides is 3. The predicted molar refractivity (Wildman–Crippen MR) is 126 cm³/mol. The van der Waals surface area contributed by atoms with Crippen LogP contribution in [-0.2, 0) is 4.79 Å². The topological polar surface area (TPSA) is 70.7 Å². The normalized spacial score (nSPS) is 15.6. The van der Waals surface area contributed by atoms with Crippen molar-refractivity contribution in [2.24, 2.45) is 0 Å². The minimum absolute atomic E-state index is 0.0269. The number of para-hydroxylation sites is 1. The Kier molecular flexibility index (Phi) is 6.13. The molecule has 1 saturated heterocycles. The van der Waals surface area contributed by atoms with Gasteiger partial charge >= 0.3 is 6.03 Å². The molecule has 2 N–H and O–H groups in total.